The molecule has 1 rings (SSSR count). The van der Waals surface area contributed by atoms with Crippen molar-refractivity contribution >= 4 is 21.3 Å². The van der Waals surface area contributed by atoms with Crippen LogP contribution < -0.4 is 5.73 Å². The number of para-hydroxylation sites is 1. The summed E-state index contributed by atoms with van der Waals surface area (Å²) in [5.74, 6) is -1.38. The lowest BCUT2D eigenvalue weighted by Gasteiger charge is -2.05. The molecule has 17 heavy (non-hydrogen) atoms. The van der Waals surface area contributed by atoms with Gasteiger partial charge in [0.1, 0.15) is 15.7 Å². The molecule has 0 aliphatic rings. The molecule has 0 fully saturated rings. The number of rotatable bonds is 5. The molecule has 0 aromatic heterocycles. The lowest BCUT2D eigenvalue weighted by Crippen LogP contribution is -2.14. The molecule has 0 radical (unpaired) electrons. The van der Waals surface area contributed by atoms with Crippen molar-refractivity contribution in [3.05, 3.63) is 29.6 Å². The third-order valence-corrected chi connectivity index (χ3v) is 4.14. The molecule has 0 saturated heterocycles. The average molecular weight is 259 g/mol. The predicted molar refractivity (Wildman–Crippen MR) is 64.1 cm³/mol. The van der Waals surface area contributed by atoms with Crippen molar-refractivity contribution in [1.29, 1.82) is 0 Å². The standard InChI is InChI=1S/C11H14FNO3S/c1-2-17(15,16)7-6-10(14)8-4-3-5-9(12)11(8)13/h3-5H,2,6-7,13H2,1H3. The van der Waals surface area contributed by atoms with Crippen molar-refractivity contribution in [2.75, 3.05) is 17.2 Å². The van der Waals surface area contributed by atoms with Gasteiger partial charge in [-0.1, -0.05) is 13.0 Å². The van der Waals surface area contributed by atoms with E-state index in [4.69, 9.17) is 5.73 Å². The van der Waals surface area contributed by atoms with E-state index in [2.05, 4.69) is 0 Å². The summed E-state index contributed by atoms with van der Waals surface area (Å²) in [6.45, 7) is 1.51. The van der Waals surface area contributed by atoms with Gasteiger partial charge in [-0.3, -0.25) is 4.79 Å². The summed E-state index contributed by atoms with van der Waals surface area (Å²) in [4.78, 5) is 11.7. The second-order valence-electron chi connectivity index (χ2n) is 3.61. The quantitative estimate of drug-likeness (QED) is 0.640. The molecule has 4 nitrogen and oxygen atoms in total. The Hall–Kier alpha value is -1.43. The van der Waals surface area contributed by atoms with Crippen LogP contribution in [0.3, 0.4) is 0 Å². The number of hydrogen-bond acceptors (Lipinski definition) is 4. The topological polar surface area (TPSA) is 77.2 Å². The van der Waals surface area contributed by atoms with Gasteiger partial charge in [0.25, 0.3) is 0 Å². The zero-order valence-corrected chi connectivity index (χ0v) is 10.3. The molecule has 0 aliphatic heterocycles. The number of carbonyl (C=O) groups is 1. The summed E-state index contributed by atoms with van der Waals surface area (Å²) < 4.78 is 35.5. The minimum absolute atomic E-state index is 0.0150. The first-order valence-corrected chi connectivity index (χ1v) is 6.97. The average Bonchev–Trinajstić information content (AvgIpc) is 2.30. The molecule has 1 aromatic carbocycles. The minimum Gasteiger partial charge on any atom is -0.396 e. The summed E-state index contributed by atoms with van der Waals surface area (Å²) >= 11 is 0. The smallest absolute Gasteiger partial charge is 0.166 e. The van der Waals surface area contributed by atoms with E-state index in [0.717, 1.165) is 6.07 Å². The highest BCUT2D eigenvalue weighted by molar-refractivity contribution is 7.91. The van der Waals surface area contributed by atoms with E-state index in [1.165, 1.54) is 19.1 Å². The van der Waals surface area contributed by atoms with Crippen molar-refractivity contribution in [3.63, 3.8) is 0 Å². The first kappa shape index (κ1) is 13.6. The predicted octanol–water partition coefficient (Wildman–Crippen LogP) is 1.42. The Morgan fingerprint density at radius 3 is 2.65 bits per heavy atom. The van der Waals surface area contributed by atoms with Gasteiger partial charge in [-0.05, 0) is 12.1 Å². The van der Waals surface area contributed by atoms with Gasteiger partial charge in [0.2, 0.25) is 0 Å². The summed E-state index contributed by atoms with van der Waals surface area (Å²) in [5, 5.41) is 0. The molecule has 0 unspecified atom stereocenters. The van der Waals surface area contributed by atoms with Crippen LogP contribution in [-0.2, 0) is 9.84 Å². The summed E-state index contributed by atoms with van der Waals surface area (Å²) in [5.41, 5.74) is 5.22. The second kappa shape index (κ2) is 5.27. The highest BCUT2D eigenvalue weighted by atomic mass is 32.2. The number of carbonyl (C=O) groups excluding carboxylic acids is 1. The molecule has 2 N–H and O–H groups in total. The number of Topliss-reactive ketones (excluding diaryl/α,β-unsaturated/α-hetero) is 1. The third kappa shape index (κ3) is 3.52. The number of halogens is 1. The Labute approximate surface area is 99.5 Å². The van der Waals surface area contributed by atoms with Crippen LogP contribution in [0.15, 0.2) is 18.2 Å². The molecule has 0 bridgehead atoms. The number of nitrogen functional groups attached to an aromatic ring is 1. The minimum atomic E-state index is -3.20. The van der Waals surface area contributed by atoms with Gasteiger partial charge in [-0.15, -0.1) is 0 Å². The fourth-order valence-corrected chi connectivity index (χ4v) is 2.09. The summed E-state index contributed by atoms with van der Waals surface area (Å²) in [7, 11) is -3.20. The van der Waals surface area contributed by atoms with Crippen LogP contribution in [0.4, 0.5) is 10.1 Å². The summed E-state index contributed by atoms with van der Waals surface area (Å²) in [6, 6.07) is 3.90. The van der Waals surface area contributed by atoms with E-state index in [1.54, 1.807) is 0 Å². The molecule has 6 heteroatoms. The van der Waals surface area contributed by atoms with E-state index in [9.17, 15) is 17.6 Å². The molecule has 0 aliphatic carbocycles. The third-order valence-electron chi connectivity index (χ3n) is 2.43. The van der Waals surface area contributed by atoms with Crippen LogP contribution in [0.2, 0.25) is 0 Å². The molecule has 0 amide bonds. The van der Waals surface area contributed by atoms with Gasteiger partial charge in [0.05, 0.1) is 11.4 Å². The molecule has 0 saturated carbocycles. The lowest BCUT2D eigenvalue weighted by atomic mass is 10.1. The number of nitrogens with two attached hydrogens (primary N) is 1. The van der Waals surface area contributed by atoms with Gasteiger partial charge < -0.3 is 5.73 Å². The molecule has 0 heterocycles. The zero-order chi connectivity index (χ0) is 13.1. The number of sulfone groups is 1. The fraction of sp³-hybridized carbons (Fsp3) is 0.364. The van der Waals surface area contributed by atoms with Crippen LogP contribution in [0.1, 0.15) is 23.7 Å². The van der Waals surface area contributed by atoms with Crippen LogP contribution >= 0.6 is 0 Å². The van der Waals surface area contributed by atoms with Crippen molar-refractivity contribution in [3.8, 4) is 0 Å². The SMILES string of the molecule is CCS(=O)(=O)CCC(=O)c1cccc(F)c1N. The van der Waals surface area contributed by atoms with E-state index < -0.39 is 21.4 Å². The molecular weight excluding hydrogens is 245 g/mol. The lowest BCUT2D eigenvalue weighted by molar-refractivity contribution is 0.0989. The first-order chi connectivity index (χ1) is 7.87. The number of hydrogen-bond donors (Lipinski definition) is 1. The Balaban J connectivity index is 2.81. The highest BCUT2D eigenvalue weighted by Gasteiger charge is 2.16. The Morgan fingerprint density at radius 2 is 2.06 bits per heavy atom. The van der Waals surface area contributed by atoms with Crippen LogP contribution in [-0.4, -0.2) is 25.7 Å². The Morgan fingerprint density at radius 1 is 1.41 bits per heavy atom. The molecule has 94 valence electrons. The highest BCUT2D eigenvalue weighted by Crippen LogP contribution is 2.17. The van der Waals surface area contributed by atoms with Gasteiger partial charge in [-0.2, -0.15) is 0 Å². The number of anilines is 1. The maximum Gasteiger partial charge on any atom is 0.166 e. The van der Waals surface area contributed by atoms with E-state index >= 15 is 0 Å². The van der Waals surface area contributed by atoms with Crippen molar-refractivity contribution in [2.24, 2.45) is 0 Å². The Kier molecular flexibility index (Phi) is 4.22. The fourth-order valence-electron chi connectivity index (χ4n) is 1.31. The maximum atomic E-state index is 13.1. The molecule has 0 spiro atoms. The molecule has 0 atom stereocenters. The van der Waals surface area contributed by atoms with E-state index in [0.29, 0.717) is 0 Å². The first-order valence-electron chi connectivity index (χ1n) is 5.15. The van der Waals surface area contributed by atoms with Gasteiger partial charge in [-0.25, -0.2) is 12.8 Å². The van der Waals surface area contributed by atoms with Gasteiger partial charge >= 0.3 is 0 Å². The van der Waals surface area contributed by atoms with Gasteiger partial charge in [0, 0.05) is 17.7 Å². The van der Waals surface area contributed by atoms with Crippen LogP contribution in [0, 0.1) is 5.82 Å². The van der Waals surface area contributed by atoms with Gasteiger partial charge in [0.15, 0.2) is 5.78 Å². The van der Waals surface area contributed by atoms with Crippen molar-refractivity contribution in [1.82, 2.24) is 0 Å². The number of benzene rings is 1. The maximum absolute atomic E-state index is 13.1. The summed E-state index contributed by atoms with van der Waals surface area (Å²) in [6.07, 6.45) is -0.177. The molecular formula is C11H14FNO3S. The van der Waals surface area contributed by atoms with E-state index in [-0.39, 0.29) is 29.2 Å². The Bertz CT molecular complexity index is 526. The van der Waals surface area contributed by atoms with E-state index in [1.807, 2.05) is 0 Å². The monoisotopic (exact) mass is 259 g/mol. The van der Waals surface area contributed by atoms with Crippen molar-refractivity contribution < 1.29 is 17.6 Å². The van der Waals surface area contributed by atoms with Crippen LogP contribution in [0.25, 0.3) is 0 Å². The van der Waals surface area contributed by atoms with Crippen LogP contribution in [0.5, 0.6) is 0 Å². The zero-order valence-electron chi connectivity index (χ0n) is 9.44. The normalized spacial score (nSPS) is 11.4. The second-order valence-corrected chi connectivity index (χ2v) is 6.08. The number of ketones is 1. The largest absolute Gasteiger partial charge is 0.396 e. The molecule has 1 aromatic rings. The van der Waals surface area contributed by atoms with Crippen molar-refractivity contribution in [2.45, 2.75) is 13.3 Å².